The Labute approximate surface area is 283 Å². The van der Waals surface area contributed by atoms with Crippen molar-refractivity contribution < 1.29 is 0 Å². The van der Waals surface area contributed by atoms with E-state index in [4.69, 9.17) is 9.97 Å². The molecule has 48 heavy (non-hydrogen) atoms. The van der Waals surface area contributed by atoms with Gasteiger partial charge in [0.2, 0.25) is 0 Å². The third-order valence-electron chi connectivity index (χ3n) is 8.77. The largest absolute Gasteiger partial charge is 0.264 e. The highest BCUT2D eigenvalue weighted by atomic mass is 14.9. The Kier molecular flexibility index (Phi) is 8.84. The summed E-state index contributed by atoms with van der Waals surface area (Å²) in [6.07, 6.45) is 13.1. The molecule has 5 aromatic carbocycles. The lowest BCUT2D eigenvalue weighted by Gasteiger charge is -2.15. The van der Waals surface area contributed by atoms with Gasteiger partial charge >= 0.3 is 0 Å². The molecule has 0 saturated heterocycles. The second-order valence-corrected chi connectivity index (χ2v) is 12.1. The highest BCUT2D eigenvalue weighted by Gasteiger charge is 2.16. The van der Waals surface area contributed by atoms with E-state index in [-0.39, 0.29) is 0 Å². The number of hydrogen-bond acceptors (Lipinski definition) is 3. The van der Waals surface area contributed by atoms with E-state index in [1.807, 2.05) is 12.3 Å². The zero-order valence-corrected chi connectivity index (χ0v) is 27.6. The Morgan fingerprint density at radius 2 is 1.27 bits per heavy atom. The third-order valence-corrected chi connectivity index (χ3v) is 8.77. The number of allylic oxidation sites excluding steroid dienone is 2. The van der Waals surface area contributed by atoms with E-state index in [9.17, 15) is 0 Å². The van der Waals surface area contributed by atoms with Gasteiger partial charge in [-0.25, -0.2) is 9.97 Å². The fourth-order valence-electron chi connectivity index (χ4n) is 6.46. The maximum absolute atomic E-state index is 5.29. The van der Waals surface area contributed by atoms with Crippen molar-refractivity contribution in [2.45, 2.75) is 27.2 Å². The van der Waals surface area contributed by atoms with Gasteiger partial charge in [-0.2, -0.15) is 0 Å². The quantitative estimate of drug-likeness (QED) is 0.170. The first-order chi connectivity index (χ1) is 23.6. The Morgan fingerprint density at radius 1 is 0.583 bits per heavy atom. The molecule has 232 valence electrons. The van der Waals surface area contributed by atoms with E-state index < -0.39 is 0 Å². The van der Waals surface area contributed by atoms with Crippen LogP contribution in [0.2, 0.25) is 0 Å². The van der Waals surface area contributed by atoms with Gasteiger partial charge in [0, 0.05) is 34.6 Å². The molecule has 0 aliphatic heterocycles. The number of fused-ring (bicyclic) bond motifs is 1. The molecule has 7 aromatic rings. The Hall–Kier alpha value is -5.93. The Balaban J connectivity index is 1.41. The molecule has 3 nitrogen and oxygen atoms in total. The van der Waals surface area contributed by atoms with Crippen LogP contribution in [0.3, 0.4) is 0 Å². The first kappa shape index (κ1) is 30.7. The predicted molar refractivity (Wildman–Crippen MR) is 202 cm³/mol. The third kappa shape index (κ3) is 6.36. The summed E-state index contributed by atoms with van der Waals surface area (Å²) >= 11 is 0. The summed E-state index contributed by atoms with van der Waals surface area (Å²) in [6.45, 7) is 6.29. The van der Waals surface area contributed by atoms with Gasteiger partial charge in [0.15, 0.2) is 5.82 Å². The van der Waals surface area contributed by atoms with Crippen molar-refractivity contribution in [2.75, 3.05) is 0 Å². The molecule has 7 rings (SSSR count). The highest BCUT2D eigenvalue weighted by Crippen LogP contribution is 2.36. The van der Waals surface area contributed by atoms with Crippen molar-refractivity contribution in [1.82, 2.24) is 15.0 Å². The standard InChI is InChI=1S/C45H37N3/c1-4-13-33-16-6-7-17-34(33)26-32-15-10-19-36(27-32)43-29-44(37-20-11-18-35(28-37)38-21-12-24-46-30-38)48-45(47-43)42-25-31(3)39(14-5-2)40-22-8-9-23-41(40)42/h4-25,27-30H,26H2,1-3H3/b13-4-,14-5-. The number of rotatable bonds is 8. The molecule has 0 aliphatic rings. The average molecular weight is 620 g/mol. The fourth-order valence-corrected chi connectivity index (χ4v) is 6.46. The molecule has 2 heterocycles. The molecule has 0 amide bonds. The number of pyridine rings is 1. The van der Waals surface area contributed by atoms with Crippen LogP contribution in [0.4, 0.5) is 0 Å². The molecule has 0 spiro atoms. The van der Waals surface area contributed by atoms with Crippen molar-refractivity contribution in [3.8, 4) is 45.0 Å². The molecular formula is C45H37N3. The van der Waals surface area contributed by atoms with Crippen molar-refractivity contribution in [1.29, 1.82) is 0 Å². The van der Waals surface area contributed by atoms with E-state index >= 15 is 0 Å². The maximum atomic E-state index is 5.29. The van der Waals surface area contributed by atoms with Crippen LogP contribution in [-0.2, 0) is 6.42 Å². The highest BCUT2D eigenvalue weighted by molar-refractivity contribution is 6.01. The molecule has 0 atom stereocenters. The molecule has 0 unspecified atom stereocenters. The van der Waals surface area contributed by atoms with Crippen LogP contribution in [0, 0.1) is 6.92 Å². The van der Waals surface area contributed by atoms with Gasteiger partial charge in [-0.3, -0.25) is 4.98 Å². The fraction of sp³-hybridized carbons (Fsp3) is 0.0889. The smallest absolute Gasteiger partial charge is 0.161 e. The van der Waals surface area contributed by atoms with Crippen LogP contribution < -0.4 is 0 Å². The molecule has 0 N–H and O–H groups in total. The molecule has 3 heteroatoms. The summed E-state index contributed by atoms with van der Waals surface area (Å²) in [4.78, 5) is 14.9. The van der Waals surface area contributed by atoms with Crippen molar-refractivity contribution in [2.24, 2.45) is 0 Å². The van der Waals surface area contributed by atoms with Gasteiger partial charge in [-0.05, 0) is 102 Å². The minimum atomic E-state index is 0.712. The van der Waals surface area contributed by atoms with Gasteiger partial charge in [-0.1, -0.05) is 115 Å². The van der Waals surface area contributed by atoms with Crippen LogP contribution >= 0.6 is 0 Å². The van der Waals surface area contributed by atoms with Gasteiger partial charge in [0.25, 0.3) is 0 Å². The lowest BCUT2D eigenvalue weighted by Crippen LogP contribution is -1.99. The van der Waals surface area contributed by atoms with Gasteiger partial charge in [0.1, 0.15) is 0 Å². The minimum absolute atomic E-state index is 0.712. The van der Waals surface area contributed by atoms with Crippen molar-refractivity contribution in [3.05, 3.63) is 174 Å². The van der Waals surface area contributed by atoms with Crippen LogP contribution in [0.15, 0.2) is 146 Å². The molecule has 0 fully saturated rings. The topological polar surface area (TPSA) is 38.7 Å². The molecule has 0 radical (unpaired) electrons. The molecule has 2 aromatic heterocycles. The van der Waals surface area contributed by atoms with Gasteiger partial charge < -0.3 is 0 Å². The first-order valence-corrected chi connectivity index (χ1v) is 16.5. The van der Waals surface area contributed by atoms with Crippen molar-refractivity contribution in [3.63, 3.8) is 0 Å². The maximum Gasteiger partial charge on any atom is 0.161 e. The monoisotopic (exact) mass is 619 g/mol. The number of aryl methyl sites for hydroxylation is 1. The summed E-state index contributed by atoms with van der Waals surface area (Å²) in [6, 6.07) is 42.9. The molecule has 0 saturated carbocycles. The predicted octanol–water partition coefficient (Wildman–Crippen LogP) is 11.7. The van der Waals surface area contributed by atoms with Crippen LogP contribution in [0.5, 0.6) is 0 Å². The molecular weight excluding hydrogens is 583 g/mol. The Bertz CT molecular complexity index is 2300. The van der Waals surface area contributed by atoms with E-state index in [0.29, 0.717) is 5.82 Å². The summed E-state index contributed by atoms with van der Waals surface area (Å²) in [7, 11) is 0. The van der Waals surface area contributed by atoms with E-state index in [0.717, 1.165) is 51.0 Å². The lowest BCUT2D eigenvalue weighted by atomic mass is 9.94. The first-order valence-electron chi connectivity index (χ1n) is 16.5. The van der Waals surface area contributed by atoms with E-state index in [1.165, 1.54) is 33.2 Å². The summed E-state index contributed by atoms with van der Waals surface area (Å²) in [5, 5.41) is 2.33. The zero-order chi connectivity index (χ0) is 32.9. The van der Waals surface area contributed by atoms with Crippen molar-refractivity contribution >= 4 is 22.9 Å². The normalized spacial score (nSPS) is 11.6. The zero-order valence-electron chi connectivity index (χ0n) is 27.6. The second kappa shape index (κ2) is 13.8. The van der Waals surface area contributed by atoms with Gasteiger partial charge in [0.05, 0.1) is 11.4 Å². The second-order valence-electron chi connectivity index (χ2n) is 12.1. The van der Waals surface area contributed by atoms with E-state index in [1.54, 1.807) is 6.20 Å². The number of hydrogen-bond donors (Lipinski definition) is 0. The summed E-state index contributed by atoms with van der Waals surface area (Å²) in [5.41, 5.74) is 13.3. The Morgan fingerprint density at radius 3 is 2.04 bits per heavy atom. The number of nitrogens with zero attached hydrogens (tertiary/aromatic N) is 3. The minimum Gasteiger partial charge on any atom is -0.264 e. The molecule has 0 bridgehead atoms. The van der Waals surface area contributed by atoms with Crippen LogP contribution in [0.1, 0.15) is 41.7 Å². The number of benzene rings is 5. The summed E-state index contributed by atoms with van der Waals surface area (Å²) < 4.78 is 0. The van der Waals surface area contributed by atoms with Crippen LogP contribution in [0.25, 0.3) is 68.0 Å². The SMILES string of the molecule is C/C=C\c1ccccc1Cc1cccc(-c2cc(-c3cccc(-c4cccnc4)c3)nc(-c3cc(C)c(/C=C\C)c4ccccc34)n2)c1. The number of aromatic nitrogens is 3. The average Bonchev–Trinajstić information content (AvgIpc) is 3.14. The van der Waals surface area contributed by atoms with E-state index in [2.05, 4.69) is 165 Å². The van der Waals surface area contributed by atoms with Gasteiger partial charge in [-0.15, -0.1) is 0 Å². The lowest BCUT2D eigenvalue weighted by molar-refractivity contribution is 1.17. The molecule has 0 aliphatic carbocycles. The van der Waals surface area contributed by atoms with Crippen LogP contribution in [-0.4, -0.2) is 15.0 Å². The summed E-state index contributed by atoms with van der Waals surface area (Å²) in [5.74, 6) is 0.712.